The van der Waals surface area contributed by atoms with Crippen LogP contribution in [-0.2, 0) is 20.3 Å². The van der Waals surface area contributed by atoms with E-state index in [-0.39, 0.29) is 23.1 Å². The molecule has 2 fully saturated rings. The molecular formula is C7H10O3S. The van der Waals surface area contributed by atoms with Crippen LogP contribution in [0.3, 0.4) is 0 Å². The van der Waals surface area contributed by atoms with E-state index in [1.54, 1.807) is 0 Å². The van der Waals surface area contributed by atoms with Gasteiger partial charge in [-0.2, -0.15) is 0 Å². The summed E-state index contributed by atoms with van der Waals surface area (Å²) in [4.78, 5) is 10.8. The molecule has 1 aliphatic heterocycles. The maximum Gasteiger partial charge on any atom is 0.318 e. The fourth-order valence-electron chi connectivity index (χ4n) is 1.75. The highest BCUT2D eigenvalue weighted by molar-refractivity contribution is 7.86. The van der Waals surface area contributed by atoms with Gasteiger partial charge in [0.2, 0.25) is 0 Å². The van der Waals surface area contributed by atoms with Gasteiger partial charge in [-0.15, -0.1) is 0 Å². The summed E-state index contributed by atoms with van der Waals surface area (Å²) in [5.41, 5.74) is 0. The first kappa shape index (κ1) is 7.28. The molecule has 3 nitrogen and oxygen atoms in total. The Balaban J connectivity index is 2.16. The minimum absolute atomic E-state index is 0.0305. The maximum absolute atomic E-state index is 11.3. The maximum atomic E-state index is 11.3. The third-order valence-corrected chi connectivity index (χ3v) is 4.01. The van der Waals surface area contributed by atoms with E-state index in [9.17, 15) is 9.00 Å². The van der Waals surface area contributed by atoms with E-state index >= 15 is 0 Å². The summed E-state index contributed by atoms with van der Waals surface area (Å²) in [6, 6.07) is 0. The van der Waals surface area contributed by atoms with Gasteiger partial charge in [-0.1, -0.05) is 0 Å². The third kappa shape index (κ3) is 1.20. The van der Waals surface area contributed by atoms with Gasteiger partial charge in [-0.25, -0.2) is 0 Å². The van der Waals surface area contributed by atoms with Crippen molar-refractivity contribution in [3.63, 3.8) is 0 Å². The van der Waals surface area contributed by atoms with Crippen molar-refractivity contribution < 1.29 is 13.7 Å². The van der Waals surface area contributed by atoms with Gasteiger partial charge >= 0.3 is 5.97 Å². The summed E-state index contributed by atoms with van der Waals surface area (Å²) >= 11 is 0. The molecule has 1 aliphatic carbocycles. The van der Waals surface area contributed by atoms with Crippen LogP contribution in [-0.4, -0.2) is 27.3 Å². The molecule has 3 atom stereocenters. The molecule has 0 N–H and O–H groups in total. The van der Waals surface area contributed by atoms with E-state index in [1.807, 2.05) is 0 Å². The van der Waals surface area contributed by atoms with Crippen molar-refractivity contribution in [3.05, 3.63) is 0 Å². The van der Waals surface area contributed by atoms with Gasteiger partial charge in [-0.3, -0.25) is 9.00 Å². The minimum Gasteiger partial charge on any atom is -0.460 e. The summed E-state index contributed by atoms with van der Waals surface area (Å²) in [5, 5.41) is 0.146. The lowest BCUT2D eigenvalue weighted by Gasteiger charge is -2.24. The Bertz CT molecular complexity index is 214. The van der Waals surface area contributed by atoms with Crippen LogP contribution in [0.15, 0.2) is 0 Å². The summed E-state index contributed by atoms with van der Waals surface area (Å²) in [7, 11) is -0.950. The Kier molecular flexibility index (Phi) is 1.71. The van der Waals surface area contributed by atoms with Crippen LogP contribution in [0, 0.1) is 0 Å². The molecule has 0 radical (unpaired) electrons. The molecule has 0 spiro atoms. The largest absolute Gasteiger partial charge is 0.460 e. The summed E-state index contributed by atoms with van der Waals surface area (Å²) < 4.78 is 16.3. The van der Waals surface area contributed by atoms with Crippen LogP contribution >= 0.6 is 0 Å². The summed E-state index contributed by atoms with van der Waals surface area (Å²) in [5.74, 6) is -0.173. The van der Waals surface area contributed by atoms with Crippen molar-refractivity contribution >= 4 is 16.8 Å². The third-order valence-electron chi connectivity index (χ3n) is 2.27. The molecule has 2 aliphatic rings. The molecule has 1 saturated carbocycles. The summed E-state index contributed by atoms with van der Waals surface area (Å²) in [6.07, 6.45) is 2.89. The van der Waals surface area contributed by atoms with Crippen LogP contribution < -0.4 is 0 Å². The van der Waals surface area contributed by atoms with Gasteiger partial charge in [0.25, 0.3) is 0 Å². The molecular weight excluding hydrogens is 164 g/mol. The normalized spacial score (nSPS) is 43.3. The molecule has 1 heterocycles. The Hall–Kier alpha value is -0.380. The van der Waals surface area contributed by atoms with Crippen molar-refractivity contribution in [2.45, 2.75) is 30.6 Å². The second-order valence-electron chi connectivity index (χ2n) is 3.02. The van der Waals surface area contributed by atoms with Crippen LogP contribution in [0.2, 0.25) is 0 Å². The number of carbonyl (C=O) groups is 1. The van der Waals surface area contributed by atoms with Crippen molar-refractivity contribution in [3.8, 4) is 0 Å². The van der Waals surface area contributed by atoms with E-state index in [0.717, 1.165) is 19.3 Å². The quantitative estimate of drug-likeness (QED) is 0.493. The summed E-state index contributed by atoms with van der Waals surface area (Å²) in [6.45, 7) is 0. The van der Waals surface area contributed by atoms with Gasteiger partial charge < -0.3 is 4.74 Å². The minimum atomic E-state index is -0.950. The molecule has 0 unspecified atom stereocenters. The predicted octanol–water partition coefficient (Wildman–Crippen LogP) is 0.213. The fourth-order valence-corrected chi connectivity index (χ4v) is 3.23. The standard InChI is InChI=1S/C7H10O3S/c8-7-4-11(9)6-3-1-2-5(6)10-7/h5-6H,1-4H2/t5-,6-,11+/m0/s1. The Morgan fingerprint density at radius 3 is 3.09 bits per heavy atom. The SMILES string of the molecule is O=C1C[S@@](=O)[C@H]2CCC[C@@H]2O1. The monoisotopic (exact) mass is 174 g/mol. The average molecular weight is 174 g/mol. The zero-order valence-corrected chi connectivity index (χ0v) is 6.93. The highest BCUT2D eigenvalue weighted by atomic mass is 32.2. The van der Waals surface area contributed by atoms with E-state index in [4.69, 9.17) is 4.74 Å². The van der Waals surface area contributed by atoms with Crippen molar-refractivity contribution in [1.82, 2.24) is 0 Å². The second kappa shape index (κ2) is 2.59. The molecule has 0 amide bonds. The van der Waals surface area contributed by atoms with E-state index in [2.05, 4.69) is 0 Å². The number of fused-ring (bicyclic) bond motifs is 1. The van der Waals surface area contributed by atoms with E-state index in [1.165, 1.54) is 0 Å². The number of carbonyl (C=O) groups excluding carboxylic acids is 1. The lowest BCUT2D eigenvalue weighted by atomic mass is 10.3. The number of ether oxygens (including phenoxy) is 1. The van der Waals surface area contributed by atoms with Crippen LogP contribution in [0.1, 0.15) is 19.3 Å². The van der Waals surface area contributed by atoms with Gasteiger partial charge in [0, 0.05) is 10.8 Å². The van der Waals surface area contributed by atoms with Gasteiger partial charge in [0.1, 0.15) is 11.9 Å². The first-order valence-corrected chi connectivity index (χ1v) is 5.22. The first-order valence-electron chi connectivity index (χ1n) is 3.84. The lowest BCUT2D eigenvalue weighted by Crippen LogP contribution is -2.39. The van der Waals surface area contributed by atoms with Crippen LogP contribution in [0.4, 0.5) is 0 Å². The Morgan fingerprint density at radius 1 is 1.45 bits per heavy atom. The molecule has 62 valence electrons. The number of rotatable bonds is 0. The average Bonchev–Trinajstić information content (AvgIpc) is 2.34. The molecule has 0 aromatic heterocycles. The van der Waals surface area contributed by atoms with E-state index < -0.39 is 10.8 Å². The molecule has 11 heavy (non-hydrogen) atoms. The van der Waals surface area contributed by atoms with Gasteiger partial charge in [0.15, 0.2) is 0 Å². The molecule has 4 heteroatoms. The molecule has 0 bridgehead atoms. The predicted molar refractivity (Wildman–Crippen MR) is 40.5 cm³/mol. The highest BCUT2D eigenvalue weighted by Gasteiger charge is 2.39. The highest BCUT2D eigenvalue weighted by Crippen LogP contribution is 2.29. The second-order valence-corrected chi connectivity index (χ2v) is 4.68. The zero-order chi connectivity index (χ0) is 7.84. The van der Waals surface area contributed by atoms with Crippen molar-refractivity contribution in [2.24, 2.45) is 0 Å². The number of hydrogen-bond donors (Lipinski definition) is 0. The van der Waals surface area contributed by atoms with Crippen molar-refractivity contribution in [2.75, 3.05) is 5.75 Å². The number of esters is 1. The molecule has 2 rings (SSSR count). The molecule has 0 aromatic rings. The van der Waals surface area contributed by atoms with Crippen LogP contribution in [0.5, 0.6) is 0 Å². The lowest BCUT2D eigenvalue weighted by molar-refractivity contribution is -0.146. The number of hydrogen-bond acceptors (Lipinski definition) is 3. The smallest absolute Gasteiger partial charge is 0.318 e. The first-order chi connectivity index (χ1) is 5.27. The zero-order valence-electron chi connectivity index (χ0n) is 6.12. The molecule has 0 aromatic carbocycles. The molecule has 1 saturated heterocycles. The van der Waals surface area contributed by atoms with Crippen LogP contribution in [0.25, 0.3) is 0 Å². The fraction of sp³-hybridized carbons (Fsp3) is 0.857. The van der Waals surface area contributed by atoms with E-state index in [0.29, 0.717) is 0 Å². The van der Waals surface area contributed by atoms with Gasteiger partial charge in [0.05, 0.1) is 5.25 Å². The van der Waals surface area contributed by atoms with Crippen molar-refractivity contribution in [1.29, 1.82) is 0 Å². The van der Waals surface area contributed by atoms with Gasteiger partial charge in [-0.05, 0) is 19.3 Å². The Morgan fingerprint density at radius 2 is 2.27 bits per heavy atom. The Labute approximate surface area is 67.6 Å². The topological polar surface area (TPSA) is 43.4 Å².